The number of hydrogen-bond acceptors (Lipinski definition) is 3. The van der Waals surface area contributed by atoms with Crippen LogP contribution < -0.4 is 0 Å². The summed E-state index contributed by atoms with van der Waals surface area (Å²) >= 11 is 0. The first-order valence-corrected chi connectivity index (χ1v) is 6.93. The van der Waals surface area contributed by atoms with Crippen molar-refractivity contribution in [2.24, 2.45) is 5.41 Å². The lowest BCUT2D eigenvalue weighted by Crippen LogP contribution is -2.44. The fourth-order valence-corrected chi connectivity index (χ4v) is 2.63. The number of hydrogen-bond donors (Lipinski definition) is 1. The van der Waals surface area contributed by atoms with E-state index in [1.807, 2.05) is 4.90 Å². The second kappa shape index (κ2) is 5.70. The monoisotopic (exact) mass is 262 g/mol. The van der Waals surface area contributed by atoms with Crippen molar-refractivity contribution in [3.8, 4) is 0 Å². The highest BCUT2D eigenvalue weighted by atomic mass is 16.3. The quantitative estimate of drug-likeness (QED) is 0.908. The number of aliphatic hydroxyl groups excluding tert-OH is 1. The molecule has 1 aliphatic heterocycles. The zero-order valence-electron chi connectivity index (χ0n) is 11.7. The average molecular weight is 262 g/mol. The number of likely N-dealkylation sites (tertiary alicyclic amines) is 1. The molecule has 4 nitrogen and oxygen atoms in total. The summed E-state index contributed by atoms with van der Waals surface area (Å²) in [5.74, 6) is -0.0188. The molecule has 1 aliphatic rings. The molecule has 0 saturated carbocycles. The van der Waals surface area contributed by atoms with Gasteiger partial charge in [0.05, 0.1) is 6.61 Å². The average Bonchev–Trinajstić information content (AvgIpc) is 2.46. The molecule has 4 heteroatoms. The maximum Gasteiger partial charge on any atom is 0.272 e. The van der Waals surface area contributed by atoms with Crippen molar-refractivity contribution >= 4 is 5.91 Å². The van der Waals surface area contributed by atoms with E-state index in [0.29, 0.717) is 5.69 Å². The van der Waals surface area contributed by atoms with Gasteiger partial charge in [-0.25, -0.2) is 0 Å². The van der Waals surface area contributed by atoms with E-state index < -0.39 is 0 Å². The molecule has 0 aromatic carbocycles. The minimum Gasteiger partial charge on any atom is -0.392 e. The van der Waals surface area contributed by atoms with Crippen molar-refractivity contribution in [1.82, 2.24) is 9.88 Å². The Morgan fingerprint density at radius 1 is 1.58 bits per heavy atom. The lowest BCUT2D eigenvalue weighted by atomic mass is 9.79. The summed E-state index contributed by atoms with van der Waals surface area (Å²) in [7, 11) is 0. The van der Waals surface area contributed by atoms with E-state index >= 15 is 0 Å². The van der Waals surface area contributed by atoms with Crippen LogP contribution in [0.2, 0.25) is 0 Å². The van der Waals surface area contributed by atoms with Crippen LogP contribution in [0.25, 0.3) is 0 Å². The standard InChI is InChI=1S/C15H22N2O2/c1-3-15(2)6-4-8-17(11-15)14(19)13-9-12(10-18)5-7-16-13/h5,7,9,18H,3-4,6,8,10-11H2,1-2H3/t15-/m0/s1. The van der Waals surface area contributed by atoms with Crippen LogP contribution in [0.5, 0.6) is 0 Å². The molecular weight excluding hydrogens is 240 g/mol. The van der Waals surface area contributed by atoms with Gasteiger partial charge in [0, 0.05) is 19.3 Å². The van der Waals surface area contributed by atoms with Crippen molar-refractivity contribution in [1.29, 1.82) is 0 Å². The minimum atomic E-state index is -0.0600. The van der Waals surface area contributed by atoms with Gasteiger partial charge in [-0.2, -0.15) is 0 Å². The minimum absolute atomic E-state index is 0.0188. The highest BCUT2D eigenvalue weighted by Gasteiger charge is 2.32. The number of nitrogens with zero attached hydrogens (tertiary/aromatic N) is 2. The van der Waals surface area contributed by atoms with Gasteiger partial charge in [0.15, 0.2) is 0 Å². The maximum absolute atomic E-state index is 12.5. The van der Waals surface area contributed by atoms with Gasteiger partial charge in [-0.15, -0.1) is 0 Å². The summed E-state index contributed by atoms with van der Waals surface area (Å²) in [6.45, 7) is 5.96. The lowest BCUT2D eigenvalue weighted by Gasteiger charge is -2.39. The van der Waals surface area contributed by atoms with Crippen LogP contribution in [0.3, 0.4) is 0 Å². The van der Waals surface area contributed by atoms with Gasteiger partial charge in [0.2, 0.25) is 0 Å². The summed E-state index contributed by atoms with van der Waals surface area (Å²) in [5.41, 5.74) is 1.39. The van der Waals surface area contributed by atoms with Crippen LogP contribution in [-0.2, 0) is 6.61 Å². The van der Waals surface area contributed by atoms with Crippen molar-refractivity contribution in [2.45, 2.75) is 39.7 Å². The van der Waals surface area contributed by atoms with E-state index in [-0.39, 0.29) is 17.9 Å². The van der Waals surface area contributed by atoms with Crippen molar-refractivity contribution in [2.75, 3.05) is 13.1 Å². The molecule has 1 amide bonds. The van der Waals surface area contributed by atoms with Gasteiger partial charge in [-0.1, -0.05) is 13.8 Å². The molecule has 0 unspecified atom stereocenters. The van der Waals surface area contributed by atoms with E-state index in [9.17, 15) is 4.79 Å². The first-order chi connectivity index (χ1) is 9.08. The summed E-state index contributed by atoms with van der Waals surface area (Å²) in [5, 5.41) is 9.12. The highest BCUT2D eigenvalue weighted by molar-refractivity contribution is 5.92. The van der Waals surface area contributed by atoms with E-state index in [4.69, 9.17) is 5.11 Å². The maximum atomic E-state index is 12.5. The Hall–Kier alpha value is -1.42. The molecule has 2 heterocycles. The number of carbonyl (C=O) groups is 1. The van der Waals surface area contributed by atoms with Gasteiger partial charge in [-0.05, 0) is 42.4 Å². The number of pyridine rings is 1. The van der Waals surface area contributed by atoms with Gasteiger partial charge >= 0.3 is 0 Å². The van der Waals surface area contributed by atoms with Crippen molar-refractivity contribution in [3.05, 3.63) is 29.6 Å². The number of rotatable bonds is 3. The van der Waals surface area contributed by atoms with Crippen molar-refractivity contribution in [3.63, 3.8) is 0 Å². The molecule has 104 valence electrons. The van der Waals surface area contributed by atoms with Crippen molar-refractivity contribution < 1.29 is 9.90 Å². The van der Waals surface area contributed by atoms with Crippen LogP contribution >= 0.6 is 0 Å². The number of amides is 1. The Morgan fingerprint density at radius 3 is 3.05 bits per heavy atom. The third-order valence-electron chi connectivity index (χ3n) is 4.15. The third-order valence-corrected chi connectivity index (χ3v) is 4.15. The second-order valence-corrected chi connectivity index (χ2v) is 5.70. The third kappa shape index (κ3) is 3.13. The first kappa shape index (κ1) is 14.0. The zero-order valence-corrected chi connectivity index (χ0v) is 11.7. The Bertz CT molecular complexity index is 461. The molecule has 1 saturated heterocycles. The molecule has 1 N–H and O–H groups in total. The lowest BCUT2D eigenvalue weighted by molar-refractivity contribution is 0.0537. The van der Waals surface area contributed by atoms with Crippen LogP contribution in [0.1, 0.15) is 49.2 Å². The molecule has 1 fully saturated rings. The topological polar surface area (TPSA) is 53.4 Å². The molecule has 2 rings (SSSR count). The Morgan fingerprint density at radius 2 is 2.37 bits per heavy atom. The Kier molecular flexibility index (Phi) is 4.20. The number of aromatic nitrogens is 1. The SMILES string of the molecule is CC[C@@]1(C)CCCN(C(=O)c2cc(CO)ccn2)C1. The Balaban J connectivity index is 2.14. The first-order valence-electron chi connectivity index (χ1n) is 6.93. The van der Waals surface area contributed by atoms with E-state index in [0.717, 1.165) is 31.5 Å². The Labute approximate surface area is 114 Å². The van der Waals surface area contributed by atoms with Crippen LogP contribution in [0, 0.1) is 5.41 Å². The van der Waals surface area contributed by atoms with Crippen LogP contribution in [0.4, 0.5) is 0 Å². The van der Waals surface area contributed by atoms with E-state index in [2.05, 4.69) is 18.8 Å². The summed E-state index contributed by atoms with van der Waals surface area (Å²) in [6, 6.07) is 3.41. The van der Waals surface area contributed by atoms with Gasteiger partial charge < -0.3 is 10.0 Å². The smallest absolute Gasteiger partial charge is 0.272 e. The summed E-state index contributed by atoms with van der Waals surface area (Å²) < 4.78 is 0. The molecule has 19 heavy (non-hydrogen) atoms. The predicted octanol–water partition coefficient (Wildman–Crippen LogP) is 2.23. The number of piperidine rings is 1. The zero-order chi connectivity index (χ0) is 13.9. The highest BCUT2D eigenvalue weighted by Crippen LogP contribution is 2.32. The second-order valence-electron chi connectivity index (χ2n) is 5.70. The van der Waals surface area contributed by atoms with Gasteiger partial charge in [0.25, 0.3) is 5.91 Å². The largest absolute Gasteiger partial charge is 0.392 e. The number of carbonyl (C=O) groups excluding carboxylic acids is 1. The predicted molar refractivity (Wildman–Crippen MR) is 73.7 cm³/mol. The fraction of sp³-hybridized carbons (Fsp3) is 0.600. The molecule has 1 aromatic heterocycles. The molecule has 0 spiro atoms. The van der Waals surface area contributed by atoms with E-state index in [1.54, 1.807) is 18.3 Å². The number of aliphatic hydroxyl groups is 1. The molecule has 0 aliphatic carbocycles. The fourth-order valence-electron chi connectivity index (χ4n) is 2.63. The van der Waals surface area contributed by atoms with E-state index in [1.165, 1.54) is 6.42 Å². The molecule has 0 radical (unpaired) electrons. The van der Waals surface area contributed by atoms with Crippen LogP contribution in [0.15, 0.2) is 18.3 Å². The summed E-state index contributed by atoms with van der Waals surface area (Å²) in [6.07, 6.45) is 4.90. The van der Waals surface area contributed by atoms with Gasteiger partial charge in [0.1, 0.15) is 5.69 Å². The molecule has 0 bridgehead atoms. The summed E-state index contributed by atoms with van der Waals surface area (Å²) in [4.78, 5) is 18.5. The molecule has 1 atom stereocenters. The molecular formula is C15H22N2O2. The molecule has 1 aromatic rings. The van der Waals surface area contributed by atoms with Gasteiger partial charge in [-0.3, -0.25) is 9.78 Å². The van der Waals surface area contributed by atoms with Crippen LogP contribution in [-0.4, -0.2) is 34.0 Å². The normalized spacial score (nSPS) is 23.4.